The Labute approximate surface area is 133 Å². The number of carbonyl (C=O) groups excluding carboxylic acids is 1. The van der Waals surface area contributed by atoms with E-state index in [9.17, 15) is 13.6 Å². The highest BCUT2D eigenvalue weighted by Gasteiger charge is 2.24. The van der Waals surface area contributed by atoms with Crippen LogP contribution in [-0.4, -0.2) is 14.7 Å². The number of benzene rings is 1. The van der Waals surface area contributed by atoms with Crippen molar-refractivity contribution < 1.29 is 13.6 Å². The van der Waals surface area contributed by atoms with Gasteiger partial charge in [0.15, 0.2) is 0 Å². The molecule has 0 bridgehead atoms. The average Bonchev–Trinajstić information content (AvgIpc) is 3.06. The van der Waals surface area contributed by atoms with Crippen molar-refractivity contribution in [1.82, 2.24) is 5.32 Å². The molecule has 0 saturated heterocycles. The number of halogens is 1. The summed E-state index contributed by atoms with van der Waals surface area (Å²) >= 11 is 4.64. The SMILES string of the molecule is O=C(NC1CCc2cc(Cl)ccc21)c1ccc(S(=O)[O-])s1. The van der Waals surface area contributed by atoms with Crippen LogP contribution in [0.2, 0.25) is 5.02 Å². The number of hydrogen-bond acceptors (Lipinski definition) is 4. The van der Waals surface area contributed by atoms with Gasteiger partial charge in [-0.15, -0.1) is 11.3 Å². The fourth-order valence-electron chi connectivity index (χ4n) is 2.50. The van der Waals surface area contributed by atoms with Gasteiger partial charge >= 0.3 is 0 Å². The van der Waals surface area contributed by atoms with Crippen molar-refractivity contribution in [2.75, 3.05) is 0 Å². The third-order valence-corrected chi connectivity index (χ3v) is 5.69. The van der Waals surface area contributed by atoms with Crippen LogP contribution in [0.3, 0.4) is 0 Å². The molecule has 1 aromatic heterocycles. The molecule has 1 aliphatic rings. The average molecular weight is 341 g/mol. The van der Waals surface area contributed by atoms with Gasteiger partial charge < -0.3 is 9.87 Å². The van der Waals surface area contributed by atoms with E-state index in [0.717, 1.165) is 35.3 Å². The summed E-state index contributed by atoms with van der Waals surface area (Å²) in [5.41, 5.74) is 2.23. The molecule has 0 spiro atoms. The number of aryl methyl sites for hydroxylation is 1. The standard InChI is InChI=1S/C14H12ClNO3S2/c15-9-2-3-10-8(7-9)1-4-11(10)16-14(17)12-5-6-13(20-12)21(18)19/h2-3,5-7,11H,1,4H2,(H,16,17)(H,18,19)/p-1. The van der Waals surface area contributed by atoms with E-state index >= 15 is 0 Å². The van der Waals surface area contributed by atoms with E-state index in [1.807, 2.05) is 18.2 Å². The molecule has 7 heteroatoms. The Bertz CT molecular complexity index is 729. The number of thiophene rings is 1. The second-order valence-corrected chi connectivity index (χ2v) is 7.45. The number of nitrogens with one attached hydrogen (secondary N) is 1. The minimum absolute atomic E-state index is 0.0481. The second-order valence-electron chi connectivity index (χ2n) is 4.76. The van der Waals surface area contributed by atoms with Crippen LogP contribution >= 0.6 is 22.9 Å². The number of carbonyl (C=O) groups is 1. The van der Waals surface area contributed by atoms with Gasteiger partial charge in [-0.1, -0.05) is 17.7 Å². The fourth-order valence-corrected chi connectivity index (χ4v) is 4.05. The molecule has 1 N–H and O–H groups in total. The minimum atomic E-state index is -2.29. The summed E-state index contributed by atoms with van der Waals surface area (Å²) in [4.78, 5) is 12.6. The maximum Gasteiger partial charge on any atom is 0.261 e. The van der Waals surface area contributed by atoms with Crippen LogP contribution < -0.4 is 5.32 Å². The predicted molar refractivity (Wildman–Crippen MR) is 81.5 cm³/mol. The molecule has 3 rings (SSSR count). The summed E-state index contributed by atoms with van der Waals surface area (Å²) in [6, 6.07) is 8.59. The van der Waals surface area contributed by atoms with E-state index in [0.29, 0.717) is 9.90 Å². The van der Waals surface area contributed by atoms with E-state index < -0.39 is 11.1 Å². The molecule has 2 aromatic rings. The maximum atomic E-state index is 12.2. The Morgan fingerprint density at radius 3 is 2.90 bits per heavy atom. The lowest BCUT2D eigenvalue weighted by Gasteiger charge is -2.13. The van der Waals surface area contributed by atoms with Crippen molar-refractivity contribution in [3.63, 3.8) is 0 Å². The van der Waals surface area contributed by atoms with E-state index in [-0.39, 0.29) is 16.2 Å². The third kappa shape index (κ3) is 3.03. The molecule has 0 aliphatic heterocycles. The molecule has 21 heavy (non-hydrogen) atoms. The maximum absolute atomic E-state index is 12.2. The molecule has 2 atom stereocenters. The monoisotopic (exact) mass is 340 g/mol. The van der Waals surface area contributed by atoms with Crippen molar-refractivity contribution in [2.45, 2.75) is 23.1 Å². The van der Waals surface area contributed by atoms with Crippen LogP contribution in [0.5, 0.6) is 0 Å². The molecule has 0 saturated carbocycles. The van der Waals surface area contributed by atoms with E-state index in [4.69, 9.17) is 11.6 Å². The van der Waals surface area contributed by atoms with Crippen LogP contribution in [0.25, 0.3) is 0 Å². The van der Waals surface area contributed by atoms with Gasteiger partial charge in [-0.05, 0) is 59.3 Å². The molecule has 110 valence electrons. The highest BCUT2D eigenvalue weighted by atomic mass is 35.5. The normalized spacial score (nSPS) is 18.3. The van der Waals surface area contributed by atoms with Gasteiger partial charge in [0.1, 0.15) is 0 Å². The zero-order valence-corrected chi connectivity index (χ0v) is 13.2. The van der Waals surface area contributed by atoms with Crippen LogP contribution in [0.1, 0.15) is 33.3 Å². The first-order valence-corrected chi connectivity index (χ1v) is 8.60. The first kappa shape index (κ1) is 14.7. The Kier molecular flexibility index (Phi) is 4.12. The van der Waals surface area contributed by atoms with Crippen molar-refractivity contribution in [1.29, 1.82) is 0 Å². The lowest BCUT2D eigenvalue weighted by molar-refractivity contribution is 0.0941. The van der Waals surface area contributed by atoms with Crippen molar-refractivity contribution in [2.24, 2.45) is 0 Å². The Hall–Kier alpha value is -1.21. The minimum Gasteiger partial charge on any atom is -0.768 e. The second kappa shape index (κ2) is 5.88. The number of rotatable bonds is 3. The molecule has 1 aromatic carbocycles. The number of amides is 1. The summed E-state index contributed by atoms with van der Waals surface area (Å²) in [6.45, 7) is 0. The Balaban J connectivity index is 1.76. The summed E-state index contributed by atoms with van der Waals surface area (Å²) < 4.78 is 21.9. The first-order chi connectivity index (χ1) is 10.0. The fraction of sp³-hybridized carbons (Fsp3) is 0.214. The first-order valence-electron chi connectivity index (χ1n) is 6.33. The summed E-state index contributed by atoms with van der Waals surface area (Å²) in [5, 5.41) is 3.65. The molecular formula is C14H11ClNO3S2-. The molecule has 0 radical (unpaired) electrons. The third-order valence-electron chi connectivity index (χ3n) is 3.46. The molecule has 4 nitrogen and oxygen atoms in total. The van der Waals surface area contributed by atoms with Gasteiger partial charge in [-0.3, -0.25) is 9.00 Å². The summed E-state index contributed by atoms with van der Waals surface area (Å²) in [6.07, 6.45) is 1.70. The lowest BCUT2D eigenvalue weighted by Crippen LogP contribution is -2.26. The molecule has 1 aliphatic carbocycles. The quantitative estimate of drug-likeness (QED) is 0.873. The van der Waals surface area contributed by atoms with Crippen molar-refractivity contribution in [3.8, 4) is 0 Å². The predicted octanol–water partition coefficient (Wildman–Crippen LogP) is 3.06. The molecule has 0 fully saturated rings. The van der Waals surface area contributed by atoms with Crippen LogP contribution in [0.15, 0.2) is 34.5 Å². The van der Waals surface area contributed by atoms with Gasteiger partial charge in [0.2, 0.25) is 0 Å². The Morgan fingerprint density at radius 2 is 2.19 bits per heavy atom. The van der Waals surface area contributed by atoms with E-state index in [1.54, 1.807) is 0 Å². The summed E-state index contributed by atoms with van der Waals surface area (Å²) in [5.74, 6) is -0.246. The highest BCUT2D eigenvalue weighted by Crippen LogP contribution is 2.33. The van der Waals surface area contributed by atoms with E-state index in [1.165, 1.54) is 12.1 Å². The van der Waals surface area contributed by atoms with Gasteiger partial charge in [-0.25, -0.2) is 0 Å². The number of hydrogen-bond donors (Lipinski definition) is 1. The lowest BCUT2D eigenvalue weighted by atomic mass is 10.1. The molecule has 1 amide bonds. The Morgan fingerprint density at radius 1 is 1.38 bits per heavy atom. The highest BCUT2D eigenvalue weighted by molar-refractivity contribution is 7.81. The van der Waals surface area contributed by atoms with E-state index in [2.05, 4.69) is 5.32 Å². The molecule has 2 unspecified atom stereocenters. The zero-order valence-electron chi connectivity index (χ0n) is 10.8. The zero-order chi connectivity index (χ0) is 15.0. The molecule has 1 heterocycles. The largest absolute Gasteiger partial charge is 0.768 e. The van der Waals surface area contributed by atoms with Gasteiger partial charge in [0.25, 0.3) is 5.91 Å². The van der Waals surface area contributed by atoms with Crippen LogP contribution in [0.4, 0.5) is 0 Å². The van der Waals surface area contributed by atoms with Crippen LogP contribution in [-0.2, 0) is 17.5 Å². The smallest absolute Gasteiger partial charge is 0.261 e. The van der Waals surface area contributed by atoms with Gasteiger partial charge in [0.05, 0.1) is 15.1 Å². The van der Waals surface area contributed by atoms with Gasteiger partial charge in [-0.2, -0.15) is 0 Å². The van der Waals surface area contributed by atoms with Gasteiger partial charge in [0, 0.05) is 5.02 Å². The molecular weight excluding hydrogens is 330 g/mol. The van der Waals surface area contributed by atoms with Crippen molar-refractivity contribution in [3.05, 3.63) is 51.4 Å². The topological polar surface area (TPSA) is 69.2 Å². The summed E-state index contributed by atoms with van der Waals surface area (Å²) in [7, 11) is 0. The number of fused-ring (bicyclic) bond motifs is 1. The van der Waals surface area contributed by atoms with Crippen molar-refractivity contribution >= 4 is 39.9 Å². The van der Waals surface area contributed by atoms with Crippen LogP contribution in [0, 0.1) is 0 Å².